The van der Waals surface area contributed by atoms with Crippen LogP contribution in [0, 0.1) is 13.8 Å². The van der Waals surface area contributed by atoms with Crippen LogP contribution in [0.15, 0.2) is 41.3 Å². The zero-order valence-electron chi connectivity index (χ0n) is 12.9. The van der Waals surface area contributed by atoms with E-state index in [-0.39, 0.29) is 11.2 Å². The van der Waals surface area contributed by atoms with Crippen molar-refractivity contribution in [3.05, 3.63) is 53.1 Å². The van der Waals surface area contributed by atoms with Crippen molar-refractivity contribution in [1.82, 2.24) is 4.98 Å². The molecule has 2 heterocycles. The van der Waals surface area contributed by atoms with Gasteiger partial charge in [0.05, 0.1) is 15.5 Å². The Bertz CT molecular complexity index is 892. The van der Waals surface area contributed by atoms with Crippen molar-refractivity contribution in [2.24, 2.45) is 0 Å². The first-order valence-electron chi connectivity index (χ1n) is 7.53. The number of thioether (sulfide) groups is 1. The summed E-state index contributed by atoms with van der Waals surface area (Å²) < 4.78 is 1.13. The average Bonchev–Trinajstić information content (AvgIpc) is 3.10. The second-order valence-electron chi connectivity index (χ2n) is 5.86. The van der Waals surface area contributed by atoms with E-state index in [0.29, 0.717) is 5.13 Å². The lowest BCUT2D eigenvalue weighted by Gasteiger charge is -2.07. The Kier molecular flexibility index (Phi) is 3.62. The first kappa shape index (κ1) is 14.7. The maximum Gasteiger partial charge on any atom is 0.239 e. The minimum atomic E-state index is -0.0674. The number of carbonyl (C=O) groups is 1. The maximum absolute atomic E-state index is 12.5. The molecule has 0 fully saturated rings. The smallest absolute Gasteiger partial charge is 0.239 e. The zero-order chi connectivity index (χ0) is 16.0. The van der Waals surface area contributed by atoms with Crippen LogP contribution in [-0.2, 0) is 11.2 Å². The molecule has 1 aliphatic heterocycles. The molecule has 1 amide bonds. The molecule has 0 aliphatic carbocycles. The summed E-state index contributed by atoms with van der Waals surface area (Å²) in [4.78, 5) is 18.3. The zero-order valence-corrected chi connectivity index (χ0v) is 14.6. The number of nitrogens with one attached hydrogen (secondary N) is 1. The molecule has 23 heavy (non-hydrogen) atoms. The van der Waals surface area contributed by atoms with Gasteiger partial charge in [-0.25, -0.2) is 4.98 Å². The van der Waals surface area contributed by atoms with Crippen LogP contribution in [0.5, 0.6) is 0 Å². The third-order valence-corrected chi connectivity index (χ3v) is 6.23. The van der Waals surface area contributed by atoms with Crippen molar-refractivity contribution in [2.45, 2.75) is 30.4 Å². The molecule has 0 saturated carbocycles. The summed E-state index contributed by atoms with van der Waals surface area (Å²) in [5.41, 5.74) is 4.62. The molecule has 1 aromatic heterocycles. The van der Waals surface area contributed by atoms with E-state index in [1.807, 2.05) is 12.1 Å². The third kappa shape index (κ3) is 2.75. The van der Waals surface area contributed by atoms with E-state index in [0.717, 1.165) is 22.2 Å². The van der Waals surface area contributed by atoms with Crippen molar-refractivity contribution in [2.75, 3.05) is 5.32 Å². The number of nitrogens with zero attached hydrogens (tertiary/aromatic N) is 1. The fourth-order valence-corrected chi connectivity index (χ4v) is 5.18. The number of aromatic nitrogens is 1. The maximum atomic E-state index is 12.5. The highest BCUT2D eigenvalue weighted by Gasteiger charge is 2.28. The number of amides is 1. The van der Waals surface area contributed by atoms with E-state index in [2.05, 4.69) is 48.4 Å². The summed E-state index contributed by atoms with van der Waals surface area (Å²) in [7, 11) is 0. The third-order valence-electron chi connectivity index (χ3n) is 4.00. The van der Waals surface area contributed by atoms with E-state index < -0.39 is 0 Å². The second kappa shape index (κ2) is 5.65. The van der Waals surface area contributed by atoms with E-state index in [1.165, 1.54) is 16.0 Å². The first-order valence-corrected chi connectivity index (χ1v) is 9.23. The van der Waals surface area contributed by atoms with Gasteiger partial charge in [-0.1, -0.05) is 35.6 Å². The summed E-state index contributed by atoms with van der Waals surface area (Å²) in [6.07, 6.45) is 0.787. The van der Waals surface area contributed by atoms with Crippen LogP contribution in [-0.4, -0.2) is 16.1 Å². The number of rotatable bonds is 2. The first-order chi connectivity index (χ1) is 11.1. The van der Waals surface area contributed by atoms with Crippen molar-refractivity contribution in [3.63, 3.8) is 0 Å². The quantitative estimate of drug-likeness (QED) is 0.743. The minimum Gasteiger partial charge on any atom is -0.301 e. The molecule has 0 saturated heterocycles. The predicted octanol–water partition coefficient (Wildman–Crippen LogP) is 4.57. The predicted molar refractivity (Wildman–Crippen MR) is 97.5 cm³/mol. The Morgan fingerprint density at radius 3 is 2.91 bits per heavy atom. The highest BCUT2D eigenvalue weighted by atomic mass is 32.2. The van der Waals surface area contributed by atoms with Gasteiger partial charge in [0.2, 0.25) is 5.91 Å². The molecule has 3 nitrogen and oxygen atoms in total. The van der Waals surface area contributed by atoms with Gasteiger partial charge in [0, 0.05) is 4.90 Å². The Morgan fingerprint density at radius 2 is 2.09 bits per heavy atom. The highest BCUT2D eigenvalue weighted by molar-refractivity contribution is 8.01. The van der Waals surface area contributed by atoms with Crippen molar-refractivity contribution < 1.29 is 4.79 Å². The van der Waals surface area contributed by atoms with Crippen molar-refractivity contribution >= 4 is 44.4 Å². The molecule has 0 spiro atoms. The Hall–Kier alpha value is -1.85. The largest absolute Gasteiger partial charge is 0.301 e. The van der Waals surface area contributed by atoms with Gasteiger partial charge in [-0.05, 0) is 49.1 Å². The molecule has 116 valence electrons. The fraction of sp³-hybridized carbons (Fsp3) is 0.222. The number of carbonyl (C=O) groups excluding carboxylic acids is 1. The van der Waals surface area contributed by atoms with Gasteiger partial charge in [0.15, 0.2) is 5.13 Å². The second-order valence-corrected chi connectivity index (χ2v) is 8.13. The van der Waals surface area contributed by atoms with Gasteiger partial charge in [0.25, 0.3) is 0 Å². The monoisotopic (exact) mass is 340 g/mol. The van der Waals surface area contributed by atoms with E-state index in [4.69, 9.17) is 0 Å². The van der Waals surface area contributed by atoms with Crippen molar-refractivity contribution in [1.29, 1.82) is 0 Å². The number of thiazole rings is 1. The summed E-state index contributed by atoms with van der Waals surface area (Å²) in [5.74, 6) is 0.0413. The lowest BCUT2D eigenvalue weighted by molar-refractivity contribution is -0.115. The lowest BCUT2D eigenvalue weighted by Crippen LogP contribution is -2.24. The van der Waals surface area contributed by atoms with E-state index in [9.17, 15) is 4.79 Å². The Labute approximate surface area is 143 Å². The molecule has 1 atom stereocenters. The molecule has 0 bridgehead atoms. The van der Waals surface area contributed by atoms with Crippen LogP contribution in [0.25, 0.3) is 10.2 Å². The van der Waals surface area contributed by atoms with Gasteiger partial charge < -0.3 is 5.32 Å². The van der Waals surface area contributed by atoms with Gasteiger partial charge in [-0.2, -0.15) is 0 Å². The van der Waals surface area contributed by atoms with E-state index >= 15 is 0 Å². The molecular weight excluding hydrogens is 324 g/mol. The van der Waals surface area contributed by atoms with Crippen LogP contribution in [0.1, 0.15) is 16.7 Å². The van der Waals surface area contributed by atoms with Crippen LogP contribution >= 0.6 is 23.1 Å². The van der Waals surface area contributed by atoms with Gasteiger partial charge >= 0.3 is 0 Å². The molecule has 4 rings (SSSR count). The highest BCUT2D eigenvalue weighted by Crippen LogP contribution is 2.37. The van der Waals surface area contributed by atoms with Crippen LogP contribution in [0.2, 0.25) is 0 Å². The lowest BCUT2D eigenvalue weighted by atomic mass is 10.1. The normalized spacial score (nSPS) is 16.5. The van der Waals surface area contributed by atoms with Crippen LogP contribution in [0.4, 0.5) is 5.13 Å². The molecule has 2 aromatic carbocycles. The average molecular weight is 340 g/mol. The molecule has 1 unspecified atom stereocenters. The number of hydrogen-bond acceptors (Lipinski definition) is 4. The number of anilines is 1. The van der Waals surface area contributed by atoms with Gasteiger partial charge in [0.1, 0.15) is 0 Å². The fourth-order valence-electron chi connectivity index (χ4n) is 2.94. The molecule has 0 radical (unpaired) electrons. The summed E-state index contributed by atoms with van der Waals surface area (Å²) >= 11 is 3.19. The summed E-state index contributed by atoms with van der Waals surface area (Å²) in [5, 5.41) is 3.63. The Morgan fingerprint density at radius 1 is 1.26 bits per heavy atom. The van der Waals surface area contributed by atoms with Crippen molar-refractivity contribution in [3.8, 4) is 0 Å². The van der Waals surface area contributed by atoms with E-state index in [1.54, 1.807) is 23.1 Å². The molecule has 3 aromatic rings. The number of aryl methyl sites for hydroxylation is 2. The number of benzene rings is 2. The molecule has 1 aliphatic rings. The Balaban J connectivity index is 1.55. The SMILES string of the molecule is Cc1cc(C)c2nc(NC(=O)C3Cc4ccccc4S3)sc2c1. The van der Waals surface area contributed by atoms with Crippen LogP contribution < -0.4 is 5.32 Å². The summed E-state index contributed by atoms with van der Waals surface area (Å²) in [6, 6.07) is 12.5. The standard InChI is InChI=1S/C18H16N2OS2/c1-10-7-11(2)16-14(8-10)23-18(19-16)20-17(21)15-9-12-5-3-4-6-13(12)22-15/h3-8,15H,9H2,1-2H3,(H,19,20,21). The van der Waals surface area contributed by atoms with Gasteiger partial charge in [-0.3, -0.25) is 4.79 Å². The number of fused-ring (bicyclic) bond motifs is 2. The molecular formula is C18H16N2OS2. The topological polar surface area (TPSA) is 42.0 Å². The number of hydrogen-bond donors (Lipinski definition) is 1. The van der Waals surface area contributed by atoms with Gasteiger partial charge in [-0.15, -0.1) is 11.8 Å². The molecule has 1 N–H and O–H groups in total. The molecule has 5 heteroatoms. The summed E-state index contributed by atoms with van der Waals surface area (Å²) in [6.45, 7) is 4.14. The minimum absolute atomic E-state index is 0.0413. The van der Waals surface area contributed by atoms with Crippen LogP contribution in [0.3, 0.4) is 0 Å².